The van der Waals surface area contributed by atoms with Crippen LogP contribution in [0.3, 0.4) is 0 Å². The largest absolute Gasteiger partial charge is 0.359 e. The smallest absolute Gasteiger partial charge is 0.314 e. The number of amides is 3. The maximum absolute atomic E-state index is 11.2. The van der Waals surface area contributed by atoms with Gasteiger partial charge < -0.3 is 16.0 Å². The first-order valence-corrected chi connectivity index (χ1v) is 4.41. The quantitative estimate of drug-likeness (QED) is 0.579. The summed E-state index contributed by atoms with van der Waals surface area (Å²) in [6.45, 7) is 1.18. The molecule has 1 rings (SSSR count). The third-order valence-electron chi connectivity index (χ3n) is 2.42. The van der Waals surface area contributed by atoms with Gasteiger partial charge in [-0.05, 0) is 12.8 Å². The molecule has 13 heavy (non-hydrogen) atoms. The summed E-state index contributed by atoms with van der Waals surface area (Å²) in [6.07, 6.45) is 1.42. The van der Waals surface area contributed by atoms with Gasteiger partial charge in [-0.25, -0.2) is 4.79 Å². The number of nitrogens with two attached hydrogens (primary N) is 1. The SMILES string of the molecule is CNC(=O)C1CCN(C(N)=O)CC1. The van der Waals surface area contributed by atoms with E-state index in [1.807, 2.05) is 0 Å². The van der Waals surface area contributed by atoms with Crippen LogP contribution < -0.4 is 11.1 Å². The molecule has 0 bridgehead atoms. The van der Waals surface area contributed by atoms with Crippen LogP contribution in [-0.2, 0) is 4.79 Å². The Morgan fingerprint density at radius 1 is 1.38 bits per heavy atom. The normalized spacial score (nSPS) is 18.4. The van der Waals surface area contributed by atoms with Gasteiger partial charge in [-0.15, -0.1) is 0 Å². The fraction of sp³-hybridized carbons (Fsp3) is 0.750. The zero-order valence-electron chi connectivity index (χ0n) is 7.75. The van der Waals surface area contributed by atoms with Crippen molar-refractivity contribution in [2.24, 2.45) is 11.7 Å². The summed E-state index contributed by atoms with van der Waals surface area (Å²) in [5.41, 5.74) is 5.11. The number of nitrogens with one attached hydrogen (secondary N) is 1. The number of primary amides is 1. The minimum Gasteiger partial charge on any atom is -0.359 e. The number of hydrogen-bond donors (Lipinski definition) is 2. The molecule has 5 heteroatoms. The molecule has 1 aliphatic rings. The Balaban J connectivity index is 2.39. The predicted molar refractivity (Wildman–Crippen MR) is 47.9 cm³/mol. The molecule has 0 radical (unpaired) electrons. The van der Waals surface area contributed by atoms with Crippen molar-refractivity contribution in [1.82, 2.24) is 10.2 Å². The van der Waals surface area contributed by atoms with Crippen molar-refractivity contribution in [2.45, 2.75) is 12.8 Å². The lowest BCUT2D eigenvalue weighted by Gasteiger charge is -2.29. The van der Waals surface area contributed by atoms with Crippen LogP contribution in [0.5, 0.6) is 0 Å². The van der Waals surface area contributed by atoms with Crippen LogP contribution in [-0.4, -0.2) is 37.0 Å². The number of hydrogen-bond acceptors (Lipinski definition) is 2. The van der Waals surface area contributed by atoms with Crippen molar-refractivity contribution in [2.75, 3.05) is 20.1 Å². The first kappa shape index (κ1) is 9.83. The minimum absolute atomic E-state index is 0.0422. The fourth-order valence-electron chi connectivity index (χ4n) is 1.57. The Labute approximate surface area is 77.3 Å². The molecule has 0 aliphatic carbocycles. The van der Waals surface area contributed by atoms with Gasteiger partial charge in [0.05, 0.1) is 0 Å². The Bertz CT molecular complexity index is 209. The minimum atomic E-state index is -0.393. The van der Waals surface area contributed by atoms with Gasteiger partial charge in [-0.3, -0.25) is 4.79 Å². The predicted octanol–water partition coefficient (Wildman–Crippen LogP) is -0.477. The zero-order chi connectivity index (χ0) is 9.84. The van der Waals surface area contributed by atoms with Crippen molar-refractivity contribution < 1.29 is 9.59 Å². The zero-order valence-corrected chi connectivity index (χ0v) is 7.75. The molecule has 1 heterocycles. The van der Waals surface area contributed by atoms with Crippen LogP contribution in [0.2, 0.25) is 0 Å². The lowest BCUT2D eigenvalue weighted by atomic mass is 9.96. The second kappa shape index (κ2) is 4.11. The van der Waals surface area contributed by atoms with E-state index in [4.69, 9.17) is 5.73 Å². The van der Waals surface area contributed by atoms with Gasteiger partial charge in [0, 0.05) is 26.1 Å². The molecule has 0 unspecified atom stereocenters. The van der Waals surface area contributed by atoms with E-state index in [2.05, 4.69) is 5.32 Å². The van der Waals surface area contributed by atoms with E-state index in [1.165, 1.54) is 0 Å². The van der Waals surface area contributed by atoms with Crippen molar-refractivity contribution in [3.63, 3.8) is 0 Å². The van der Waals surface area contributed by atoms with Gasteiger partial charge in [0.15, 0.2) is 0 Å². The van der Waals surface area contributed by atoms with Crippen LogP contribution in [0, 0.1) is 5.92 Å². The van der Waals surface area contributed by atoms with E-state index in [-0.39, 0.29) is 11.8 Å². The molecule has 0 spiro atoms. The van der Waals surface area contributed by atoms with Crippen LogP contribution in [0.1, 0.15) is 12.8 Å². The molecule has 74 valence electrons. The highest BCUT2D eigenvalue weighted by atomic mass is 16.2. The van der Waals surface area contributed by atoms with Crippen molar-refractivity contribution >= 4 is 11.9 Å². The monoisotopic (exact) mass is 185 g/mol. The summed E-state index contributed by atoms with van der Waals surface area (Å²) >= 11 is 0. The first-order valence-electron chi connectivity index (χ1n) is 4.41. The number of likely N-dealkylation sites (tertiary alicyclic amines) is 1. The molecule has 3 N–H and O–H groups in total. The van der Waals surface area contributed by atoms with Gasteiger partial charge in [-0.1, -0.05) is 0 Å². The Kier molecular flexibility index (Phi) is 3.11. The van der Waals surface area contributed by atoms with E-state index in [1.54, 1.807) is 11.9 Å². The summed E-state index contributed by atoms with van der Waals surface area (Å²) in [7, 11) is 1.63. The molecule has 0 aromatic rings. The van der Waals surface area contributed by atoms with E-state index >= 15 is 0 Å². The van der Waals surface area contributed by atoms with Crippen molar-refractivity contribution in [3.8, 4) is 0 Å². The number of rotatable bonds is 1. The number of carbonyl (C=O) groups is 2. The van der Waals surface area contributed by atoms with Crippen LogP contribution in [0.4, 0.5) is 4.79 Å². The molecule has 1 saturated heterocycles. The molecular weight excluding hydrogens is 170 g/mol. The van der Waals surface area contributed by atoms with Gasteiger partial charge >= 0.3 is 6.03 Å². The third-order valence-corrected chi connectivity index (χ3v) is 2.42. The maximum Gasteiger partial charge on any atom is 0.314 e. The van der Waals surface area contributed by atoms with Crippen LogP contribution >= 0.6 is 0 Å². The molecular formula is C8H15N3O2. The Hall–Kier alpha value is -1.26. The summed E-state index contributed by atoms with van der Waals surface area (Å²) in [5, 5.41) is 2.61. The fourth-order valence-corrected chi connectivity index (χ4v) is 1.57. The highest BCUT2D eigenvalue weighted by molar-refractivity contribution is 5.79. The first-order chi connectivity index (χ1) is 6.15. The second-order valence-electron chi connectivity index (χ2n) is 3.21. The third kappa shape index (κ3) is 2.34. The maximum atomic E-state index is 11.2. The lowest BCUT2D eigenvalue weighted by Crippen LogP contribution is -2.44. The molecule has 1 aliphatic heterocycles. The van der Waals surface area contributed by atoms with E-state index in [9.17, 15) is 9.59 Å². The highest BCUT2D eigenvalue weighted by Gasteiger charge is 2.25. The van der Waals surface area contributed by atoms with Gasteiger partial charge in [0.1, 0.15) is 0 Å². The van der Waals surface area contributed by atoms with Crippen LogP contribution in [0.25, 0.3) is 0 Å². The van der Waals surface area contributed by atoms with Crippen molar-refractivity contribution in [1.29, 1.82) is 0 Å². The van der Waals surface area contributed by atoms with Gasteiger partial charge in [0.25, 0.3) is 0 Å². The molecule has 0 aromatic carbocycles. The average Bonchev–Trinajstić information content (AvgIpc) is 2.17. The van der Waals surface area contributed by atoms with Gasteiger partial charge in [-0.2, -0.15) is 0 Å². The van der Waals surface area contributed by atoms with E-state index < -0.39 is 6.03 Å². The molecule has 0 aromatic heterocycles. The van der Waals surface area contributed by atoms with Crippen molar-refractivity contribution in [3.05, 3.63) is 0 Å². The molecule has 5 nitrogen and oxygen atoms in total. The number of piperidine rings is 1. The molecule has 0 atom stereocenters. The number of carbonyl (C=O) groups excluding carboxylic acids is 2. The summed E-state index contributed by atoms with van der Waals surface area (Å²) in [5.74, 6) is 0.102. The number of nitrogens with zero attached hydrogens (tertiary/aromatic N) is 1. The molecule has 0 saturated carbocycles. The van der Waals surface area contributed by atoms with Crippen LogP contribution in [0.15, 0.2) is 0 Å². The molecule has 3 amide bonds. The average molecular weight is 185 g/mol. The Morgan fingerprint density at radius 2 is 1.92 bits per heavy atom. The van der Waals surface area contributed by atoms with Gasteiger partial charge in [0.2, 0.25) is 5.91 Å². The standard InChI is InChI=1S/C8H15N3O2/c1-10-7(12)6-2-4-11(5-3-6)8(9)13/h6H,2-5H2,1H3,(H2,9,13)(H,10,12). The Morgan fingerprint density at radius 3 is 2.31 bits per heavy atom. The highest BCUT2D eigenvalue weighted by Crippen LogP contribution is 2.16. The summed E-state index contributed by atoms with van der Waals surface area (Å²) in [4.78, 5) is 23.5. The van der Waals surface area contributed by atoms with E-state index in [0.717, 1.165) is 0 Å². The molecule has 1 fully saturated rings. The summed E-state index contributed by atoms with van der Waals surface area (Å²) < 4.78 is 0. The number of urea groups is 1. The topological polar surface area (TPSA) is 75.4 Å². The summed E-state index contributed by atoms with van der Waals surface area (Å²) in [6, 6.07) is -0.393. The second-order valence-corrected chi connectivity index (χ2v) is 3.21. The van der Waals surface area contributed by atoms with E-state index in [0.29, 0.717) is 25.9 Å². The lowest BCUT2D eigenvalue weighted by molar-refractivity contribution is -0.125.